The Morgan fingerprint density at radius 1 is 1.50 bits per heavy atom. The fourth-order valence-electron chi connectivity index (χ4n) is 1.29. The van der Waals surface area contributed by atoms with E-state index in [0.29, 0.717) is 11.6 Å². The summed E-state index contributed by atoms with van der Waals surface area (Å²) in [4.78, 5) is 3.88. The van der Waals surface area contributed by atoms with Crippen molar-refractivity contribution in [2.45, 2.75) is 26.6 Å². The Morgan fingerprint density at radius 2 is 2.06 bits per heavy atom. The molecule has 1 atom stereocenters. The van der Waals surface area contributed by atoms with E-state index in [1.54, 1.807) is 13.8 Å². The number of rotatable bonds is 3. The SMILES string of the molecule is Cc1nc(C)n(CC(C(=N)N)C(F)(F)F)n1. The minimum absolute atomic E-state index is 0.369. The summed E-state index contributed by atoms with van der Waals surface area (Å²) in [5.74, 6) is -2.18. The lowest BCUT2D eigenvalue weighted by molar-refractivity contribution is -0.159. The molecule has 16 heavy (non-hydrogen) atoms. The molecule has 0 aliphatic carbocycles. The van der Waals surface area contributed by atoms with Crippen LogP contribution in [0.1, 0.15) is 11.6 Å². The zero-order chi connectivity index (χ0) is 12.5. The molecule has 1 aromatic heterocycles. The Morgan fingerprint density at radius 3 is 2.38 bits per heavy atom. The van der Waals surface area contributed by atoms with Gasteiger partial charge in [0.15, 0.2) is 0 Å². The topological polar surface area (TPSA) is 80.6 Å². The Labute approximate surface area is 90.0 Å². The predicted molar refractivity (Wildman–Crippen MR) is 51.0 cm³/mol. The molecule has 8 heteroatoms. The van der Waals surface area contributed by atoms with Gasteiger partial charge in [0.25, 0.3) is 0 Å². The lowest BCUT2D eigenvalue weighted by Gasteiger charge is -2.18. The van der Waals surface area contributed by atoms with Crippen LogP contribution in [0.15, 0.2) is 0 Å². The molecule has 0 aliphatic heterocycles. The lowest BCUT2D eigenvalue weighted by Crippen LogP contribution is -2.38. The van der Waals surface area contributed by atoms with E-state index in [1.807, 2.05) is 0 Å². The van der Waals surface area contributed by atoms with Crippen molar-refractivity contribution < 1.29 is 13.2 Å². The number of amidine groups is 1. The van der Waals surface area contributed by atoms with E-state index in [1.165, 1.54) is 0 Å². The summed E-state index contributed by atoms with van der Waals surface area (Å²) in [7, 11) is 0. The molecule has 0 fully saturated rings. The molecule has 0 aromatic carbocycles. The molecule has 0 radical (unpaired) electrons. The highest BCUT2D eigenvalue weighted by Gasteiger charge is 2.42. The number of nitrogens with two attached hydrogens (primary N) is 1. The normalized spacial score (nSPS) is 13.8. The highest BCUT2D eigenvalue weighted by Crippen LogP contribution is 2.27. The third kappa shape index (κ3) is 2.71. The average Bonchev–Trinajstić information content (AvgIpc) is 2.38. The molecule has 90 valence electrons. The molecule has 5 nitrogen and oxygen atoms in total. The van der Waals surface area contributed by atoms with Crippen LogP contribution in [0, 0.1) is 25.2 Å². The maximum atomic E-state index is 12.5. The van der Waals surface area contributed by atoms with Gasteiger partial charge in [-0.3, -0.25) is 5.41 Å². The fraction of sp³-hybridized carbons (Fsp3) is 0.625. The average molecular weight is 235 g/mol. The van der Waals surface area contributed by atoms with Crippen LogP contribution >= 0.6 is 0 Å². The van der Waals surface area contributed by atoms with E-state index in [9.17, 15) is 13.2 Å². The van der Waals surface area contributed by atoms with Crippen LogP contribution < -0.4 is 5.73 Å². The highest BCUT2D eigenvalue weighted by atomic mass is 19.4. The monoisotopic (exact) mass is 235 g/mol. The maximum Gasteiger partial charge on any atom is 0.400 e. The predicted octanol–water partition coefficient (Wildman–Crippen LogP) is 1.01. The van der Waals surface area contributed by atoms with Crippen LogP contribution in [0.4, 0.5) is 13.2 Å². The molecular formula is C8H12F3N5. The van der Waals surface area contributed by atoms with Crippen molar-refractivity contribution in [3.05, 3.63) is 11.6 Å². The Kier molecular flexibility index (Phi) is 3.20. The summed E-state index contributed by atoms with van der Waals surface area (Å²) in [6, 6.07) is 0. The van der Waals surface area contributed by atoms with Gasteiger partial charge >= 0.3 is 6.18 Å². The standard InChI is InChI=1S/C8H12F3N5/c1-4-14-5(2)16(15-4)3-6(7(12)13)8(9,10)11/h6H,3H2,1-2H3,(H3,12,13). The first-order chi connectivity index (χ1) is 7.21. The van der Waals surface area contributed by atoms with Gasteiger partial charge in [0.05, 0.1) is 6.54 Å². The molecule has 0 aliphatic rings. The molecule has 3 N–H and O–H groups in total. The van der Waals surface area contributed by atoms with Crippen LogP contribution in [-0.4, -0.2) is 26.8 Å². The Balaban J connectivity index is 2.93. The van der Waals surface area contributed by atoms with Gasteiger partial charge in [0, 0.05) is 0 Å². The second kappa shape index (κ2) is 4.11. The van der Waals surface area contributed by atoms with Crippen LogP contribution in [0.25, 0.3) is 0 Å². The molecule has 1 rings (SSSR count). The van der Waals surface area contributed by atoms with Crippen molar-refractivity contribution >= 4 is 5.84 Å². The first kappa shape index (κ1) is 12.5. The second-order valence-electron chi connectivity index (χ2n) is 3.44. The van der Waals surface area contributed by atoms with E-state index in [4.69, 9.17) is 11.1 Å². The largest absolute Gasteiger partial charge is 0.400 e. The van der Waals surface area contributed by atoms with Gasteiger partial charge in [0.2, 0.25) is 0 Å². The number of hydrogen-bond donors (Lipinski definition) is 2. The molecule has 0 bridgehead atoms. The third-order valence-electron chi connectivity index (χ3n) is 2.09. The van der Waals surface area contributed by atoms with Crippen molar-refractivity contribution in [2.24, 2.45) is 11.7 Å². The van der Waals surface area contributed by atoms with Gasteiger partial charge in [0.1, 0.15) is 23.4 Å². The minimum atomic E-state index is -4.54. The first-order valence-corrected chi connectivity index (χ1v) is 4.50. The lowest BCUT2D eigenvalue weighted by atomic mass is 10.1. The molecule has 1 unspecified atom stereocenters. The van der Waals surface area contributed by atoms with E-state index in [0.717, 1.165) is 4.68 Å². The Bertz CT molecular complexity index is 395. The summed E-state index contributed by atoms with van der Waals surface area (Å²) < 4.78 is 38.6. The summed E-state index contributed by atoms with van der Waals surface area (Å²) in [5.41, 5.74) is 4.93. The summed E-state index contributed by atoms with van der Waals surface area (Å²) in [6.07, 6.45) is -4.54. The zero-order valence-electron chi connectivity index (χ0n) is 8.84. The van der Waals surface area contributed by atoms with Crippen molar-refractivity contribution in [3.8, 4) is 0 Å². The minimum Gasteiger partial charge on any atom is -0.387 e. The molecule has 0 saturated heterocycles. The van der Waals surface area contributed by atoms with Crippen LogP contribution in [0.3, 0.4) is 0 Å². The zero-order valence-corrected chi connectivity index (χ0v) is 8.84. The summed E-state index contributed by atoms with van der Waals surface area (Å²) in [5, 5.41) is 10.7. The molecular weight excluding hydrogens is 223 g/mol. The number of alkyl halides is 3. The first-order valence-electron chi connectivity index (χ1n) is 4.50. The van der Waals surface area contributed by atoms with E-state index in [2.05, 4.69) is 10.1 Å². The van der Waals surface area contributed by atoms with Crippen LogP contribution in [-0.2, 0) is 6.54 Å². The van der Waals surface area contributed by atoms with Crippen molar-refractivity contribution in [3.63, 3.8) is 0 Å². The van der Waals surface area contributed by atoms with Crippen molar-refractivity contribution in [2.75, 3.05) is 0 Å². The molecule has 1 heterocycles. The number of aryl methyl sites for hydroxylation is 2. The molecule has 1 aromatic rings. The molecule has 0 saturated carbocycles. The number of nitrogens with one attached hydrogen (secondary N) is 1. The number of nitrogens with zero attached hydrogens (tertiary/aromatic N) is 3. The van der Waals surface area contributed by atoms with E-state index >= 15 is 0 Å². The van der Waals surface area contributed by atoms with Crippen molar-refractivity contribution in [1.29, 1.82) is 5.41 Å². The molecule has 0 amide bonds. The number of hydrogen-bond acceptors (Lipinski definition) is 3. The van der Waals surface area contributed by atoms with E-state index in [-0.39, 0.29) is 0 Å². The van der Waals surface area contributed by atoms with Gasteiger partial charge in [-0.2, -0.15) is 18.3 Å². The van der Waals surface area contributed by atoms with Crippen molar-refractivity contribution in [1.82, 2.24) is 14.8 Å². The van der Waals surface area contributed by atoms with Gasteiger partial charge in [-0.05, 0) is 13.8 Å². The van der Waals surface area contributed by atoms with E-state index < -0.39 is 24.5 Å². The van der Waals surface area contributed by atoms with Crippen LogP contribution in [0.5, 0.6) is 0 Å². The van der Waals surface area contributed by atoms with Gasteiger partial charge < -0.3 is 5.73 Å². The number of halogens is 3. The fourth-order valence-corrected chi connectivity index (χ4v) is 1.29. The Hall–Kier alpha value is -1.60. The summed E-state index contributed by atoms with van der Waals surface area (Å²) >= 11 is 0. The van der Waals surface area contributed by atoms with Gasteiger partial charge in [-0.15, -0.1) is 0 Å². The van der Waals surface area contributed by atoms with Gasteiger partial charge in [-0.25, -0.2) is 9.67 Å². The third-order valence-corrected chi connectivity index (χ3v) is 2.09. The maximum absolute atomic E-state index is 12.5. The quantitative estimate of drug-likeness (QED) is 0.606. The smallest absolute Gasteiger partial charge is 0.387 e. The second-order valence-corrected chi connectivity index (χ2v) is 3.44. The van der Waals surface area contributed by atoms with Crippen LogP contribution in [0.2, 0.25) is 0 Å². The van der Waals surface area contributed by atoms with Gasteiger partial charge in [-0.1, -0.05) is 0 Å². The highest BCUT2D eigenvalue weighted by molar-refractivity contribution is 5.80. The molecule has 0 spiro atoms. The number of aromatic nitrogens is 3. The summed E-state index contributed by atoms with van der Waals surface area (Å²) in [6.45, 7) is 2.62.